The third kappa shape index (κ3) is 2.33. The fraction of sp³-hybridized carbons (Fsp3) is 0.750. The van der Waals surface area contributed by atoms with E-state index in [-0.39, 0.29) is 12.2 Å². The summed E-state index contributed by atoms with van der Waals surface area (Å²) in [5, 5.41) is 16.0. The number of rotatable bonds is 3. The van der Waals surface area contributed by atoms with Crippen LogP contribution in [0.25, 0.3) is 0 Å². The summed E-state index contributed by atoms with van der Waals surface area (Å²) in [6, 6.07) is -0.815. The van der Waals surface area contributed by atoms with E-state index in [9.17, 15) is 18.3 Å². The summed E-state index contributed by atoms with van der Waals surface area (Å²) in [5.74, 6) is 0. The van der Waals surface area contributed by atoms with E-state index >= 15 is 0 Å². The van der Waals surface area contributed by atoms with Crippen LogP contribution in [0.4, 0.5) is 13.2 Å². The predicted octanol–water partition coefficient (Wildman–Crippen LogP) is 0.697. The number of hydrogen-bond donors (Lipinski definition) is 2. The van der Waals surface area contributed by atoms with Gasteiger partial charge in [-0.3, -0.25) is 0 Å². The molecule has 0 spiro atoms. The quantitative estimate of drug-likeness (QED) is 0.812. The van der Waals surface area contributed by atoms with Gasteiger partial charge in [-0.05, 0) is 13.8 Å². The van der Waals surface area contributed by atoms with Crippen LogP contribution < -0.4 is 5.73 Å². The third-order valence-corrected chi connectivity index (χ3v) is 2.31. The van der Waals surface area contributed by atoms with Crippen LogP contribution in [-0.2, 0) is 12.7 Å². The van der Waals surface area contributed by atoms with Gasteiger partial charge in [0.05, 0.1) is 12.1 Å². The van der Waals surface area contributed by atoms with E-state index in [1.165, 1.54) is 13.8 Å². The highest BCUT2D eigenvalue weighted by Crippen LogP contribution is 2.32. The lowest BCUT2D eigenvalue weighted by atomic mass is 10.2. The Morgan fingerprint density at radius 3 is 2.38 bits per heavy atom. The van der Waals surface area contributed by atoms with Gasteiger partial charge in [-0.2, -0.15) is 13.2 Å². The number of nitrogens with zero attached hydrogens (tertiary/aromatic N) is 3. The topological polar surface area (TPSA) is 77.0 Å². The lowest BCUT2D eigenvalue weighted by Gasteiger charge is -2.18. The number of aliphatic hydroxyl groups is 1. The Morgan fingerprint density at radius 2 is 2.00 bits per heavy atom. The minimum atomic E-state index is -4.58. The fourth-order valence-electron chi connectivity index (χ4n) is 1.25. The summed E-state index contributed by atoms with van der Waals surface area (Å²) in [5.41, 5.74) is 3.84. The minimum Gasteiger partial charge on any atom is -0.391 e. The van der Waals surface area contributed by atoms with Crippen molar-refractivity contribution in [2.24, 2.45) is 5.73 Å². The second kappa shape index (κ2) is 4.38. The maximum Gasteiger partial charge on any atom is 0.434 e. The second-order valence-corrected chi connectivity index (χ2v) is 3.51. The molecule has 0 bridgehead atoms. The van der Waals surface area contributed by atoms with Gasteiger partial charge in [0.25, 0.3) is 0 Å². The van der Waals surface area contributed by atoms with E-state index < -0.39 is 24.0 Å². The highest BCUT2D eigenvalue weighted by atomic mass is 19.4. The van der Waals surface area contributed by atoms with Gasteiger partial charge < -0.3 is 10.8 Å². The van der Waals surface area contributed by atoms with Crippen molar-refractivity contribution in [1.82, 2.24) is 15.0 Å². The van der Waals surface area contributed by atoms with E-state index in [2.05, 4.69) is 10.3 Å². The van der Waals surface area contributed by atoms with Crippen LogP contribution in [0.15, 0.2) is 0 Å². The summed E-state index contributed by atoms with van der Waals surface area (Å²) in [6.45, 7) is 2.46. The molecule has 0 amide bonds. The summed E-state index contributed by atoms with van der Waals surface area (Å²) in [7, 11) is 0. The van der Waals surface area contributed by atoms with Crippen molar-refractivity contribution in [3.63, 3.8) is 0 Å². The molecule has 2 atom stereocenters. The Labute approximate surface area is 90.0 Å². The molecule has 0 aliphatic heterocycles. The van der Waals surface area contributed by atoms with Crippen LogP contribution in [0, 0.1) is 0 Å². The van der Waals surface area contributed by atoms with Crippen LogP contribution in [0.2, 0.25) is 0 Å². The molecule has 0 fully saturated rings. The first-order valence-electron chi connectivity index (χ1n) is 4.68. The van der Waals surface area contributed by atoms with Gasteiger partial charge in [-0.15, -0.1) is 5.10 Å². The standard InChI is InChI=1S/C8H13F3N4O/c1-4(5(2)16)15-7(8(9,10)11)6(3-12)13-14-15/h4-5,16H,3,12H2,1-2H3. The Kier molecular flexibility index (Phi) is 3.54. The summed E-state index contributed by atoms with van der Waals surface area (Å²) in [4.78, 5) is 0. The second-order valence-electron chi connectivity index (χ2n) is 3.51. The molecule has 1 rings (SSSR count). The molecule has 0 radical (unpaired) electrons. The number of aliphatic hydroxyl groups excluding tert-OH is 1. The SMILES string of the molecule is CC(O)C(C)n1nnc(CN)c1C(F)(F)F. The fourth-order valence-corrected chi connectivity index (χ4v) is 1.25. The first-order valence-corrected chi connectivity index (χ1v) is 4.68. The van der Waals surface area contributed by atoms with Crippen LogP contribution in [0.5, 0.6) is 0 Å². The molecule has 0 aliphatic carbocycles. The molecule has 1 heterocycles. The number of hydrogen-bond acceptors (Lipinski definition) is 4. The van der Waals surface area contributed by atoms with Crippen LogP contribution in [-0.4, -0.2) is 26.2 Å². The number of halogens is 3. The Morgan fingerprint density at radius 1 is 1.44 bits per heavy atom. The van der Waals surface area contributed by atoms with Gasteiger partial charge >= 0.3 is 6.18 Å². The normalized spacial score (nSPS) is 16.2. The number of nitrogens with two attached hydrogens (primary N) is 1. The van der Waals surface area contributed by atoms with Crippen LogP contribution in [0.1, 0.15) is 31.3 Å². The zero-order valence-corrected chi connectivity index (χ0v) is 8.86. The van der Waals surface area contributed by atoms with Crippen molar-refractivity contribution in [1.29, 1.82) is 0 Å². The van der Waals surface area contributed by atoms with Crippen molar-refractivity contribution in [2.75, 3.05) is 0 Å². The van der Waals surface area contributed by atoms with Crippen molar-refractivity contribution < 1.29 is 18.3 Å². The highest BCUT2D eigenvalue weighted by molar-refractivity contribution is 5.14. The minimum absolute atomic E-state index is 0.319. The van der Waals surface area contributed by atoms with Crippen molar-refractivity contribution >= 4 is 0 Å². The summed E-state index contributed by atoms with van der Waals surface area (Å²) < 4.78 is 38.8. The summed E-state index contributed by atoms with van der Waals surface area (Å²) in [6.07, 6.45) is -5.55. The average molecular weight is 238 g/mol. The molecule has 16 heavy (non-hydrogen) atoms. The maximum absolute atomic E-state index is 12.7. The van der Waals surface area contributed by atoms with Crippen molar-refractivity contribution in [3.05, 3.63) is 11.4 Å². The molecule has 0 aromatic carbocycles. The molecule has 0 saturated carbocycles. The zero-order chi connectivity index (χ0) is 12.5. The van der Waals surface area contributed by atoms with E-state index in [1.807, 2.05) is 0 Å². The van der Waals surface area contributed by atoms with E-state index in [0.717, 1.165) is 0 Å². The molecule has 5 nitrogen and oxygen atoms in total. The molecule has 2 unspecified atom stereocenters. The summed E-state index contributed by atoms with van der Waals surface area (Å²) >= 11 is 0. The number of alkyl halides is 3. The molecular formula is C8H13F3N4O. The maximum atomic E-state index is 12.7. The highest BCUT2D eigenvalue weighted by Gasteiger charge is 2.40. The monoisotopic (exact) mass is 238 g/mol. The average Bonchev–Trinajstić information content (AvgIpc) is 2.58. The number of aromatic nitrogens is 3. The van der Waals surface area contributed by atoms with E-state index in [0.29, 0.717) is 4.68 Å². The first-order chi connectivity index (χ1) is 7.29. The van der Waals surface area contributed by atoms with Crippen LogP contribution in [0.3, 0.4) is 0 Å². The Bertz CT molecular complexity index is 361. The van der Waals surface area contributed by atoms with E-state index in [4.69, 9.17) is 5.73 Å². The van der Waals surface area contributed by atoms with Gasteiger partial charge in [-0.25, -0.2) is 4.68 Å². The van der Waals surface area contributed by atoms with Gasteiger partial charge in [0.2, 0.25) is 0 Å². The molecule has 0 aliphatic rings. The van der Waals surface area contributed by atoms with Gasteiger partial charge in [0, 0.05) is 6.54 Å². The van der Waals surface area contributed by atoms with Gasteiger partial charge in [-0.1, -0.05) is 5.21 Å². The Hall–Kier alpha value is -1.15. The lowest BCUT2D eigenvalue weighted by Crippen LogP contribution is -2.25. The van der Waals surface area contributed by atoms with Gasteiger partial charge in [0.1, 0.15) is 5.69 Å². The third-order valence-electron chi connectivity index (χ3n) is 2.31. The van der Waals surface area contributed by atoms with Gasteiger partial charge in [0.15, 0.2) is 5.69 Å². The molecular weight excluding hydrogens is 225 g/mol. The largest absolute Gasteiger partial charge is 0.434 e. The molecule has 1 aromatic rings. The smallest absolute Gasteiger partial charge is 0.391 e. The predicted molar refractivity (Wildman–Crippen MR) is 49.3 cm³/mol. The Balaban J connectivity index is 3.25. The van der Waals surface area contributed by atoms with Crippen LogP contribution >= 0.6 is 0 Å². The molecule has 3 N–H and O–H groups in total. The van der Waals surface area contributed by atoms with E-state index in [1.54, 1.807) is 0 Å². The lowest BCUT2D eigenvalue weighted by molar-refractivity contribution is -0.146. The molecule has 92 valence electrons. The molecule has 0 saturated heterocycles. The zero-order valence-electron chi connectivity index (χ0n) is 8.86. The first kappa shape index (κ1) is 12.9. The van der Waals surface area contributed by atoms with Crippen molar-refractivity contribution in [3.8, 4) is 0 Å². The molecule has 1 aromatic heterocycles. The van der Waals surface area contributed by atoms with Crippen molar-refractivity contribution in [2.45, 2.75) is 38.7 Å². The molecule has 8 heteroatoms.